The highest BCUT2D eigenvalue weighted by Crippen LogP contribution is 2.17. The van der Waals surface area contributed by atoms with Gasteiger partial charge in [-0.1, -0.05) is 29.8 Å². The molecule has 1 aliphatic rings. The zero-order valence-corrected chi connectivity index (χ0v) is 12.3. The molecule has 0 unspecified atom stereocenters. The standard InChI is InChI=1S/C16H27N3/c1-14-4-3-5-15(12-14)13-18(2)16-6-9-19(10-7-16)11-8-17/h3-5,12,16H,6-11,13,17H2,1-2H3. The summed E-state index contributed by atoms with van der Waals surface area (Å²) in [6.45, 7) is 7.44. The van der Waals surface area contributed by atoms with E-state index in [1.807, 2.05) is 0 Å². The number of nitrogens with zero attached hydrogens (tertiary/aromatic N) is 2. The van der Waals surface area contributed by atoms with Gasteiger partial charge < -0.3 is 10.6 Å². The lowest BCUT2D eigenvalue weighted by Crippen LogP contribution is -2.44. The van der Waals surface area contributed by atoms with Crippen molar-refractivity contribution in [1.82, 2.24) is 9.80 Å². The van der Waals surface area contributed by atoms with Gasteiger partial charge in [0.1, 0.15) is 0 Å². The van der Waals surface area contributed by atoms with E-state index in [4.69, 9.17) is 5.73 Å². The molecular weight excluding hydrogens is 234 g/mol. The van der Waals surface area contributed by atoms with E-state index in [1.165, 1.54) is 37.1 Å². The average Bonchev–Trinajstić information content (AvgIpc) is 2.40. The molecule has 1 heterocycles. The van der Waals surface area contributed by atoms with Crippen molar-refractivity contribution in [2.24, 2.45) is 5.73 Å². The first-order valence-electron chi connectivity index (χ1n) is 7.37. The zero-order valence-electron chi connectivity index (χ0n) is 12.3. The monoisotopic (exact) mass is 261 g/mol. The second-order valence-corrected chi connectivity index (χ2v) is 5.77. The van der Waals surface area contributed by atoms with Gasteiger partial charge in [-0.3, -0.25) is 4.90 Å². The lowest BCUT2D eigenvalue weighted by atomic mass is 10.0. The number of hydrogen-bond acceptors (Lipinski definition) is 3. The molecule has 2 N–H and O–H groups in total. The minimum Gasteiger partial charge on any atom is -0.329 e. The molecule has 0 radical (unpaired) electrons. The minimum absolute atomic E-state index is 0.717. The molecule has 0 saturated carbocycles. The van der Waals surface area contributed by atoms with E-state index in [0.717, 1.165) is 25.7 Å². The zero-order chi connectivity index (χ0) is 13.7. The predicted octanol–water partition coefficient (Wildman–Crippen LogP) is 1.85. The van der Waals surface area contributed by atoms with Crippen LogP contribution in [0.4, 0.5) is 0 Å². The highest BCUT2D eigenvalue weighted by Gasteiger charge is 2.21. The van der Waals surface area contributed by atoms with Crippen LogP contribution in [0.5, 0.6) is 0 Å². The molecular formula is C16H27N3. The van der Waals surface area contributed by atoms with Crippen LogP contribution in [0.25, 0.3) is 0 Å². The maximum Gasteiger partial charge on any atom is 0.0233 e. The van der Waals surface area contributed by atoms with Gasteiger partial charge in [-0.25, -0.2) is 0 Å². The minimum atomic E-state index is 0.717. The second-order valence-electron chi connectivity index (χ2n) is 5.77. The Balaban J connectivity index is 1.82. The van der Waals surface area contributed by atoms with Crippen LogP contribution in [0.15, 0.2) is 24.3 Å². The number of nitrogens with two attached hydrogens (primary N) is 1. The molecule has 0 aromatic heterocycles. The van der Waals surface area contributed by atoms with Crippen molar-refractivity contribution in [3.8, 4) is 0 Å². The second kappa shape index (κ2) is 7.04. The van der Waals surface area contributed by atoms with Crippen LogP contribution >= 0.6 is 0 Å². The number of rotatable bonds is 5. The summed E-state index contributed by atoms with van der Waals surface area (Å²) in [7, 11) is 2.26. The maximum atomic E-state index is 5.62. The van der Waals surface area contributed by atoms with Crippen LogP contribution in [0.3, 0.4) is 0 Å². The summed E-state index contributed by atoms with van der Waals surface area (Å²) in [4.78, 5) is 4.99. The molecule has 19 heavy (non-hydrogen) atoms. The van der Waals surface area contributed by atoms with Crippen molar-refractivity contribution < 1.29 is 0 Å². The van der Waals surface area contributed by atoms with Gasteiger partial charge in [0.25, 0.3) is 0 Å². The van der Waals surface area contributed by atoms with Gasteiger partial charge in [0, 0.05) is 25.7 Å². The summed E-state index contributed by atoms with van der Waals surface area (Å²) in [5, 5.41) is 0. The van der Waals surface area contributed by atoms with Crippen LogP contribution in [-0.2, 0) is 6.54 Å². The number of piperidine rings is 1. The summed E-state index contributed by atoms with van der Waals surface area (Å²) >= 11 is 0. The van der Waals surface area contributed by atoms with Crippen LogP contribution in [0.1, 0.15) is 24.0 Å². The Bertz CT molecular complexity index is 383. The Kier molecular flexibility index (Phi) is 5.37. The van der Waals surface area contributed by atoms with Crippen molar-refractivity contribution in [3.05, 3.63) is 35.4 Å². The lowest BCUT2D eigenvalue weighted by molar-refractivity contribution is 0.125. The molecule has 1 saturated heterocycles. The summed E-state index contributed by atoms with van der Waals surface area (Å²) in [6, 6.07) is 9.55. The quantitative estimate of drug-likeness (QED) is 0.878. The Hall–Kier alpha value is -0.900. The SMILES string of the molecule is Cc1cccc(CN(C)C2CCN(CCN)CC2)c1. The first-order valence-corrected chi connectivity index (χ1v) is 7.37. The lowest BCUT2D eigenvalue weighted by Gasteiger charge is -2.36. The summed E-state index contributed by atoms with van der Waals surface area (Å²) in [5.74, 6) is 0. The molecule has 1 aromatic carbocycles. The van der Waals surface area contributed by atoms with Gasteiger partial charge in [0.2, 0.25) is 0 Å². The summed E-state index contributed by atoms with van der Waals surface area (Å²) in [5.41, 5.74) is 8.39. The normalized spacial score (nSPS) is 18.1. The fourth-order valence-corrected chi connectivity index (χ4v) is 2.99. The molecule has 0 amide bonds. The number of likely N-dealkylation sites (tertiary alicyclic amines) is 1. The van der Waals surface area contributed by atoms with Crippen molar-refractivity contribution in [3.63, 3.8) is 0 Å². The number of hydrogen-bond donors (Lipinski definition) is 1. The number of aryl methyl sites for hydroxylation is 1. The van der Waals surface area contributed by atoms with Gasteiger partial charge >= 0.3 is 0 Å². The fraction of sp³-hybridized carbons (Fsp3) is 0.625. The molecule has 1 aliphatic heterocycles. The van der Waals surface area contributed by atoms with Crippen LogP contribution in [-0.4, -0.2) is 49.1 Å². The van der Waals surface area contributed by atoms with Crippen molar-refractivity contribution >= 4 is 0 Å². The van der Waals surface area contributed by atoms with E-state index in [1.54, 1.807) is 0 Å². The molecule has 0 aliphatic carbocycles. The third kappa shape index (κ3) is 4.30. The Morgan fingerprint density at radius 1 is 1.32 bits per heavy atom. The fourth-order valence-electron chi connectivity index (χ4n) is 2.99. The number of benzene rings is 1. The van der Waals surface area contributed by atoms with E-state index in [-0.39, 0.29) is 0 Å². The Morgan fingerprint density at radius 3 is 2.68 bits per heavy atom. The molecule has 0 atom stereocenters. The van der Waals surface area contributed by atoms with Crippen LogP contribution in [0, 0.1) is 6.92 Å². The first-order chi connectivity index (χ1) is 9.19. The topological polar surface area (TPSA) is 32.5 Å². The molecule has 1 fully saturated rings. The van der Waals surface area contributed by atoms with E-state index < -0.39 is 0 Å². The third-order valence-electron chi connectivity index (χ3n) is 4.14. The van der Waals surface area contributed by atoms with Gasteiger partial charge in [-0.2, -0.15) is 0 Å². The summed E-state index contributed by atoms with van der Waals surface area (Å²) in [6.07, 6.45) is 2.53. The molecule has 0 bridgehead atoms. The van der Waals surface area contributed by atoms with Crippen LogP contribution < -0.4 is 5.73 Å². The molecule has 2 rings (SSSR count). The van der Waals surface area contributed by atoms with Gasteiger partial charge in [-0.15, -0.1) is 0 Å². The first kappa shape index (κ1) is 14.5. The van der Waals surface area contributed by atoms with Crippen molar-refractivity contribution in [1.29, 1.82) is 0 Å². The molecule has 1 aromatic rings. The Morgan fingerprint density at radius 2 is 2.05 bits per heavy atom. The van der Waals surface area contributed by atoms with E-state index >= 15 is 0 Å². The molecule has 3 heteroatoms. The molecule has 3 nitrogen and oxygen atoms in total. The largest absolute Gasteiger partial charge is 0.329 e. The summed E-state index contributed by atoms with van der Waals surface area (Å²) < 4.78 is 0. The van der Waals surface area contributed by atoms with Gasteiger partial charge in [0.15, 0.2) is 0 Å². The van der Waals surface area contributed by atoms with E-state index in [9.17, 15) is 0 Å². The van der Waals surface area contributed by atoms with E-state index in [0.29, 0.717) is 0 Å². The average molecular weight is 261 g/mol. The van der Waals surface area contributed by atoms with E-state index in [2.05, 4.69) is 48.0 Å². The Labute approximate surface area is 117 Å². The van der Waals surface area contributed by atoms with Gasteiger partial charge in [-0.05, 0) is 45.5 Å². The van der Waals surface area contributed by atoms with Gasteiger partial charge in [0.05, 0.1) is 0 Å². The highest BCUT2D eigenvalue weighted by molar-refractivity contribution is 5.22. The van der Waals surface area contributed by atoms with Crippen LogP contribution in [0.2, 0.25) is 0 Å². The predicted molar refractivity (Wildman–Crippen MR) is 81.2 cm³/mol. The maximum absolute atomic E-state index is 5.62. The highest BCUT2D eigenvalue weighted by atomic mass is 15.2. The van der Waals surface area contributed by atoms with Crippen molar-refractivity contribution in [2.75, 3.05) is 33.2 Å². The molecule has 0 spiro atoms. The van der Waals surface area contributed by atoms with Crippen molar-refractivity contribution in [2.45, 2.75) is 32.4 Å². The molecule has 106 valence electrons. The third-order valence-corrected chi connectivity index (χ3v) is 4.14. The smallest absolute Gasteiger partial charge is 0.0233 e.